The van der Waals surface area contributed by atoms with Gasteiger partial charge < -0.3 is 20.3 Å². The summed E-state index contributed by atoms with van der Waals surface area (Å²) in [5.74, 6) is -0.797. The number of aromatic hydroxyl groups is 2. The number of carbonyl (C=O) groups excluding carboxylic acids is 2. The summed E-state index contributed by atoms with van der Waals surface area (Å²) in [4.78, 5) is 24.7. The molecule has 0 radical (unpaired) electrons. The predicted molar refractivity (Wildman–Crippen MR) is 137 cm³/mol. The number of aromatic nitrogens is 1. The highest BCUT2D eigenvalue weighted by Gasteiger charge is 2.29. The lowest BCUT2D eigenvalue weighted by Crippen LogP contribution is -2.15. The molecule has 0 saturated heterocycles. The van der Waals surface area contributed by atoms with E-state index in [4.69, 9.17) is 4.74 Å². The standard InChI is InChI=1S/C27H30N2O5S/c1-16(30)34-15-22-19-8-6-5-7-18(19)20-10-9-17(13-21(20)22)28-24(31)11-12-29-25(32)14-23(26(29)33)35-27(2,3)4/h5-10,13-14,22,32-33H,11-12,15H2,1-4H3,(H,28,31). The van der Waals surface area contributed by atoms with Crippen LogP contribution in [-0.4, -0.2) is 38.0 Å². The second kappa shape index (κ2) is 9.70. The van der Waals surface area contributed by atoms with Crippen LogP contribution in [0, 0.1) is 0 Å². The Morgan fingerprint density at radius 2 is 1.77 bits per heavy atom. The summed E-state index contributed by atoms with van der Waals surface area (Å²) in [6, 6.07) is 15.3. The van der Waals surface area contributed by atoms with Crippen molar-refractivity contribution in [1.82, 2.24) is 4.57 Å². The molecule has 35 heavy (non-hydrogen) atoms. The number of thioether (sulfide) groups is 1. The fraction of sp³-hybridized carbons (Fsp3) is 0.333. The smallest absolute Gasteiger partial charge is 0.302 e. The average molecular weight is 495 g/mol. The van der Waals surface area contributed by atoms with Crippen LogP contribution in [0.5, 0.6) is 11.8 Å². The molecule has 0 fully saturated rings. The van der Waals surface area contributed by atoms with Crippen LogP contribution in [0.15, 0.2) is 53.4 Å². The van der Waals surface area contributed by atoms with Crippen LogP contribution in [-0.2, 0) is 20.9 Å². The molecule has 3 aromatic rings. The van der Waals surface area contributed by atoms with E-state index >= 15 is 0 Å². The van der Waals surface area contributed by atoms with Gasteiger partial charge in [0.2, 0.25) is 11.8 Å². The fourth-order valence-electron chi connectivity index (χ4n) is 4.33. The van der Waals surface area contributed by atoms with Crippen LogP contribution in [0.3, 0.4) is 0 Å². The minimum atomic E-state index is -0.332. The van der Waals surface area contributed by atoms with Gasteiger partial charge >= 0.3 is 5.97 Å². The first-order valence-corrected chi connectivity index (χ1v) is 12.3. The number of nitrogens with zero attached hydrogens (tertiary/aromatic N) is 1. The maximum atomic E-state index is 12.7. The molecule has 0 bridgehead atoms. The molecule has 8 heteroatoms. The topological polar surface area (TPSA) is 101 Å². The Balaban J connectivity index is 1.47. The highest BCUT2D eigenvalue weighted by Crippen LogP contribution is 2.46. The van der Waals surface area contributed by atoms with Crippen LogP contribution >= 0.6 is 11.8 Å². The molecule has 3 N–H and O–H groups in total. The summed E-state index contributed by atoms with van der Waals surface area (Å²) < 4.78 is 6.53. The number of nitrogens with one attached hydrogen (secondary N) is 1. The number of hydrogen-bond acceptors (Lipinski definition) is 6. The van der Waals surface area contributed by atoms with Gasteiger partial charge in [-0.2, -0.15) is 0 Å². The molecule has 2 aromatic carbocycles. The van der Waals surface area contributed by atoms with E-state index in [0.29, 0.717) is 10.6 Å². The summed E-state index contributed by atoms with van der Waals surface area (Å²) in [5.41, 5.74) is 4.88. The first-order valence-electron chi connectivity index (χ1n) is 11.5. The minimum Gasteiger partial charge on any atom is -0.494 e. The summed E-state index contributed by atoms with van der Waals surface area (Å²) in [6.45, 7) is 7.82. The zero-order valence-electron chi connectivity index (χ0n) is 20.3. The molecule has 1 unspecified atom stereocenters. The Kier molecular flexibility index (Phi) is 6.85. The molecule has 184 valence electrons. The Hall–Kier alpha value is -3.39. The van der Waals surface area contributed by atoms with Gasteiger partial charge in [-0.25, -0.2) is 0 Å². The predicted octanol–water partition coefficient (Wildman–Crippen LogP) is 5.49. The molecule has 1 amide bonds. The van der Waals surface area contributed by atoms with Gasteiger partial charge in [0.15, 0.2) is 5.88 Å². The number of amides is 1. The normalized spacial score (nSPS) is 14.3. The first-order chi connectivity index (χ1) is 16.5. The molecule has 0 saturated carbocycles. The third-order valence-electron chi connectivity index (χ3n) is 5.78. The van der Waals surface area contributed by atoms with Crippen molar-refractivity contribution < 1.29 is 24.5 Å². The van der Waals surface area contributed by atoms with Gasteiger partial charge in [-0.3, -0.25) is 14.2 Å². The number of anilines is 1. The van der Waals surface area contributed by atoms with Crippen molar-refractivity contribution in [3.63, 3.8) is 0 Å². The quantitative estimate of drug-likeness (QED) is 0.296. The molecule has 1 aliphatic carbocycles. The zero-order chi connectivity index (χ0) is 25.3. The maximum Gasteiger partial charge on any atom is 0.302 e. The van der Waals surface area contributed by atoms with Crippen molar-refractivity contribution in [2.75, 3.05) is 11.9 Å². The monoisotopic (exact) mass is 494 g/mol. The number of rotatable bonds is 7. The molecule has 0 spiro atoms. The summed E-state index contributed by atoms with van der Waals surface area (Å²) in [5, 5.41) is 23.7. The fourth-order valence-corrected chi connectivity index (χ4v) is 5.36. The Bertz CT molecular complexity index is 1280. The van der Waals surface area contributed by atoms with Crippen molar-refractivity contribution in [1.29, 1.82) is 0 Å². The van der Waals surface area contributed by atoms with Gasteiger partial charge in [0.25, 0.3) is 0 Å². The van der Waals surface area contributed by atoms with Crippen LogP contribution in [0.4, 0.5) is 5.69 Å². The van der Waals surface area contributed by atoms with Crippen LogP contribution in [0.2, 0.25) is 0 Å². The molecule has 1 atom stereocenters. The number of esters is 1. The van der Waals surface area contributed by atoms with E-state index in [1.54, 1.807) is 0 Å². The van der Waals surface area contributed by atoms with Crippen LogP contribution in [0.1, 0.15) is 51.2 Å². The van der Waals surface area contributed by atoms with E-state index in [0.717, 1.165) is 22.3 Å². The highest BCUT2D eigenvalue weighted by molar-refractivity contribution is 8.00. The third kappa shape index (κ3) is 5.48. The number of benzene rings is 2. The Morgan fingerprint density at radius 3 is 2.49 bits per heavy atom. The molecular weight excluding hydrogens is 464 g/mol. The van der Waals surface area contributed by atoms with E-state index in [1.807, 2.05) is 63.2 Å². The van der Waals surface area contributed by atoms with Crippen molar-refractivity contribution >= 4 is 29.3 Å². The Labute approximate surface area is 209 Å². The third-order valence-corrected chi connectivity index (χ3v) is 6.91. The Morgan fingerprint density at radius 1 is 1.06 bits per heavy atom. The van der Waals surface area contributed by atoms with Crippen molar-refractivity contribution in [3.05, 3.63) is 59.7 Å². The molecule has 1 aliphatic rings. The van der Waals surface area contributed by atoms with Crippen LogP contribution < -0.4 is 5.32 Å². The minimum absolute atomic E-state index is 0.0427. The van der Waals surface area contributed by atoms with Gasteiger partial charge in [-0.15, -0.1) is 11.8 Å². The molecule has 4 rings (SSSR count). The number of ether oxygens (including phenoxy) is 1. The van der Waals surface area contributed by atoms with Gasteiger partial charge in [0, 0.05) is 42.3 Å². The summed E-state index contributed by atoms with van der Waals surface area (Å²) >= 11 is 1.45. The van der Waals surface area contributed by atoms with E-state index in [2.05, 4.69) is 5.32 Å². The van der Waals surface area contributed by atoms with E-state index in [9.17, 15) is 19.8 Å². The number of fused-ring (bicyclic) bond motifs is 3. The van der Waals surface area contributed by atoms with Crippen molar-refractivity contribution in [2.24, 2.45) is 0 Å². The second-order valence-corrected chi connectivity index (χ2v) is 11.5. The molecular formula is C27H30N2O5S. The second-order valence-electron chi connectivity index (χ2n) is 9.60. The number of carbonyl (C=O) groups is 2. The highest BCUT2D eigenvalue weighted by atomic mass is 32.2. The van der Waals surface area contributed by atoms with Crippen LogP contribution in [0.25, 0.3) is 11.1 Å². The zero-order valence-corrected chi connectivity index (χ0v) is 21.1. The summed E-state index contributed by atoms with van der Waals surface area (Å²) in [6.07, 6.45) is 0.0730. The number of hydrogen-bond donors (Lipinski definition) is 3. The van der Waals surface area contributed by atoms with E-state index in [-0.39, 0.29) is 53.9 Å². The molecule has 0 aliphatic heterocycles. The first kappa shape index (κ1) is 24.7. The summed E-state index contributed by atoms with van der Waals surface area (Å²) in [7, 11) is 0. The molecule has 1 heterocycles. The van der Waals surface area contributed by atoms with Gasteiger partial charge in [0.05, 0.1) is 4.90 Å². The van der Waals surface area contributed by atoms with Crippen molar-refractivity contribution in [3.8, 4) is 22.9 Å². The van der Waals surface area contributed by atoms with Gasteiger partial charge in [-0.1, -0.05) is 51.1 Å². The lowest BCUT2D eigenvalue weighted by Gasteiger charge is -2.16. The molecule has 7 nitrogen and oxygen atoms in total. The SMILES string of the molecule is CC(=O)OCC1c2ccccc2-c2ccc(NC(=O)CCn3c(O)cc(SC(C)(C)C)c3O)cc21. The lowest BCUT2D eigenvalue weighted by atomic mass is 9.97. The maximum absolute atomic E-state index is 12.7. The van der Waals surface area contributed by atoms with Gasteiger partial charge in [-0.05, 0) is 34.4 Å². The largest absolute Gasteiger partial charge is 0.494 e. The average Bonchev–Trinajstić information content (AvgIpc) is 3.22. The lowest BCUT2D eigenvalue weighted by molar-refractivity contribution is -0.141. The van der Waals surface area contributed by atoms with E-state index in [1.165, 1.54) is 29.3 Å². The molecule has 1 aromatic heterocycles. The van der Waals surface area contributed by atoms with Gasteiger partial charge in [0.1, 0.15) is 6.61 Å². The van der Waals surface area contributed by atoms with Crippen molar-refractivity contribution in [2.45, 2.75) is 56.2 Å². The van der Waals surface area contributed by atoms with E-state index < -0.39 is 0 Å².